The van der Waals surface area contributed by atoms with Crippen molar-refractivity contribution in [2.75, 3.05) is 26.6 Å². The third-order valence-corrected chi connectivity index (χ3v) is 11.0. The highest BCUT2D eigenvalue weighted by Crippen LogP contribution is 2.40. The van der Waals surface area contributed by atoms with Crippen LogP contribution in [0.1, 0.15) is 37.9 Å². The molecule has 0 unspecified atom stereocenters. The molecule has 1 aliphatic rings. The van der Waals surface area contributed by atoms with Gasteiger partial charge in [0.15, 0.2) is 5.75 Å². The monoisotopic (exact) mass is 588 g/mol. The molecule has 1 aromatic carbocycles. The lowest BCUT2D eigenvalue weighted by atomic mass is 9.90. The fraction of sp³-hybridized carbons (Fsp3) is 0.741. The Morgan fingerprint density at radius 3 is 2.22 bits per heavy atom. The molecule has 210 valence electrons. The standard InChI is InChI=1S/C27H46Cl2N2O4Si2/c1-36(2,3)14-12-32-19-31-23-16-22(28)25(29)27(35-17-21-10-8-7-9-11-21)26(23)30-24(31)18-34-20-33-13-15-37(4,5)6/h16,21H,7-15,17-20H2,1-6H3. The number of ether oxygens (including phenoxy) is 4. The van der Waals surface area contributed by atoms with Crippen molar-refractivity contribution in [2.24, 2.45) is 5.92 Å². The van der Waals surface area contributed by atoms with Gasteiger partial charge in [-0.15, -0.1) is 0 Å². The highest BCUT2D eigenvalue weighted by atomic mass is 35.5. The van der Waals surface area contributed by atoms with Crippen molar-refractivity contribution in [3.05, 3.63) is 21.9 Å². The summed E-state index contributed by atoms with van der Waals surface area (Å²) < 4.78 is 26.0. The van der Waals surface area contributed by atoms with E-state index in [0.717, 1.165) is 30.0 Å². The average molecular weight is 590 g/mol. The third kappa shape index (κ3) is 10.1. The summed E-state index contributed by atoms with van der Waals surface area (Å²) in [6.45, 7) is 17.0. The SMILES string of the molecule is C[Si](C)(C)CCOCOCc1nc2c(OCC3CCCCC3)c(Cl)c(Cl)cc2n1COCC[Si](C)(C)C. The van der Waals surface area contributed by atoms with Crippen molar-refractivity contribution in [3.63, 3.8) is 0 Å². The summed E-state index contributed by atoms with van der Waals surface area (Å²) in [6.07, 6.45) is 6.22. The number of rotatable bonds is 15. The predicted molar refractivity (Wildman–Crippen MR) is 160 cm³/mol. The van der Waals surface area contributed by atoms with Gasteiger partial charge in [0.05, 0.1) is 17.1 Å². The molecule has 0 N–H and O–H groups in total. The Bertz CT molecular complexity index is 999. The minimum absolute atomic E-state index is 0.233. The van der Waals surface area contributed by atoms with Crippen LogP contribution >= 0.6 is 23.2 Å². The van der Waals surface area contributed by atoms with Gasteiger partial charge in [0.2, 0.25) is 0 Å². The summed E-state index contributed by atoms with van der Waals surface area (Å²) in [5.41, 5.74) is 1.55. The second kappa shape index (κ2) is 14.1. The topological polar surface area (TPSA) is 54.7 Å². The van der Waals surface area contributed by atoms with Crippen molar-refractivity contribution in [2.45, 2.75) is 96.8 Å². The van der Waals surface area contributed by atoms with Crippen molar-refractivity contribution in [1.82, 2.24) is 9.55 Å². The molecule has 0 atom stereocenters. The highest BCUT2D eigenvalue weighted by Gasteiger charge is 2.23. The zero-order valence-corrected chi connectivity index (χ0v) is 27.1. The molecule has 1 saturated carbocycles. The van der Waals surface area contributed by atoms with E-state index in [-0.39, 0.29) is 6.79 Å². The van der Waals surface area contributed by atoms with E-state index >= 15 is 0 Å². The van der Waals surface area contributed by atoms with Gasteiger partial charge in [-0.25, -0.2) is 4.98 Å². The Hall–Kier alpha value is -0.616. The molecule has 0 amide bonds. The Balaban J connectivity index is 1.77. The number of hydrogen-bond donors (Lipinski definition) is 0. The lowest BCUT2D eigenvalue weighted by molar-refractivity contribution is -0.0609. The summed E-state index contributed by atoms with van der Waals surface area (Å²) in [4.78, 5) is 4.91. The summed E-state index contributed by atoms with van der Waals surface area (Å²) in [5, 5.41) is 0.870. The Morgan fingerprint density at radius 2 is 1.57 bits per heavy atom. The van der Waals surface area contributed by atoms with Gasteiger partial charge in [0, 0.05) is 29.4 Å². The van der Waals surface area contributed by atoms with Crippen LogP contribution in [0.15, 0.2) is 6.07 Å². The Labute approximate surface area is 235 Å². The van der Waals surface area contributed by atoms with Crippen LogP contribution in [0.5, 0.6) is 5.75 Å². The van der Waals surface area contributed by atoms with Crippen LogP contribution in [0.4, 0.5) is 0 Å². The zero-order chi connectivity index (χ0) is 27.1. The molecular formula is C27H46Cl2N2O4Si2. The van der Waals surface area contributed by atoms with Gasteiger partial charge in [-0.05, 0) is 36.9 Å². The van der Waals surface area contributed by atoms with Crippen LogP contribution in [0.3, 0.4) is 0 Å². The van der Waals surface area contributed by atoms with Gasteiger partial charge in [-0.2, -0.15) is 0 Å². The van der Waals surface area contributed by atoms with Crippen LogP contribution in [0.25, 0.3) is 11.0 Å². The van der Waals surface area contributed by atoms with E-state index in [4.69, 9.17) is 47.1 Å². The fourth-order valence-corrected chi connectivity index (χ4v) is 6.23. The molecule has 3 rings (SSSR count). The van der Waals surface area contributed by atoms with E-state index in [2.05, 4.69) is 39.3 Å². The second-order valence-corrected chi connectivity index (χ2v) is 24.7. The highest BCUT2D eigenvalue weighted by molar-refractivity contribution is 6.76. The zero-order valence-electron chi connectivity index (χ0n) is 23.6. The van der Waals surface area contributed by atoms with Crippen molar-refractivity contribution in [3.8, 4) is 5.75 Å². The maximum absolute atomic E-state index is 6.65. The van der Waals surface area contributed by atoms with Crippen molar-refractivity contribution >= 4 is 50.4 Å². The quantitative estimate of drug-likeness (QED) is 0.119. The minimum atomic E-state index is -1.19. The second-order valence-electron chi connectivity index (χ2n) is 12.7. The van der Waals surface area contributed by atoms with Crippen molar-refractivity contribution in [1.29, 1.82) is 0 Å². The van der Waals surface area contributed by atoms with Crippen LogP contribution in [0.2, 0.25) is 61.4 Å². The number of nitrogens with zero attached hydrogens (tertiary/aromatic N) is 2. The molecular weight excluding hydrogens is 543 g/mol. The summed E-state index contributed by atoms with van der Waals surface area (Å²) >= 11 is 13.2. The van der Waals surface area contributed by atoms with Gasteiger partial charge in [0.1, 0.15) is 36.5 Å². The molecule has 6 nitrogen and oxygen atoms in total. The molecule has 0 saturated heterocycles. The molecule has 1 fully saturated rings. The number of fused-ring (bicyclic) bond motifs is 1. The minimum Gasteiger partial charge on any atom is -0.489 e. The fourth-order valence-electron chi connectivity index (χ4n) is 4.33. The predicted octanol–water partition coefficient (Wildman–Crippen LogP) is 8.44. The van der Waals surface area contributed by atoms with E-state index < -0.39 is 16.1 Å². The van der Waals surface area contributed by atoms with Crippen LogP contribution < -0.4 is 4.74 Å². The molecule has 37 heavy (non-hydrogen) atoms. The number of aromatic nitrogens is 2. The number of benzene rings is 1. The van der Waals surface area contributed by atoms with Gasteiger partial charge in [0.25, 0.3) is 0 Å². The van der Waals surface area contributed by atoms with Crippen LogP contribution in [0, 0.1) is 5.92 Å². The molecule has 0 aliphatic heterocycles. The molecule has 1 aliphatic carbocycles. The van der Waals surface area contributed by atoms with E-state index in [1.165, 1.54) is 32.1 Å². The van der Waals surface area contributed by atoms with Gasteiger partial charge < -0.3 is 23.5 Å². The number of hydrogen-bond acceptors (Lipinski definition) is 5. The van der Waals surface area contributed by atoms with Gasteiger partial charge in [-0.1, -0.05) is 81.7 Å². The van der Waals surface area contributed by atoms with E-state index in [0.29, 0.717) is 53.8 Å². The first-order valence-electron chi connectivity index (χ1n) is 13.7. The van der Waals surface area contributed by atoms with Crippen LogP contribution in [-0.2, 0) is 27.5 Å². The molecule has 0 spiro atoms. The van der Waals surface area contributed by atoms with Gasteiger partial charge >= 0.3 is 0 Å². The maximum Gasteiger partial charge on any atom is 0.167 e. The summed E-state index contributed by atoms with van der Waals surface area (Å²) in [5.74, 6) is 1.85. The van der Waals surface area contributed by atoms with E-state index in [1.807, 2.05) is 10.6 Å². The molecule has 10 heteroatoms. The van der Waals surface area contributed by atoms with Gasteiger partial charge in [-0.3, -0.25) is 0 Å². The number of imidazole rings is 1. The van der Waals surface area contributed by atoms with E-state index in [9.17, 15) is 0 Å². The van der Waals surface area contributed by atoms with Crippen molar-refractivity contribution < 1.29 is 18.9 Å². The molecule has 0 bridgehead atoms. The van der Waals surface area contributed by atoms with E-state index in [1.54, 1.807) is 0 Å². The third-order valence-electron chi connectivity index (χ3n) is 6.77. The first kappa shape index (κ1) is 30.9. The Morgan fingerprint density at radius 1 is 0.919 bits per heavy atom. The maximum atomic E-state index is 6.65. The smallest absolute Gasteiger partial charge is 0.167 e. The normalized spacial score (nSPS) is 15.6. The van der Waals surface area contributed by atoms with Crippen LogP contribution in [-0.4, -0.2) is 52.3 Å². The average Bonchev–Trinajstić information content (AvgIpc) is 3.15. The summed E-state index contributed by atoms with van der Waals surface area (Å²) in [7, 11) is -2.33. The molecule has 2 aromatic rings. The Kier molecular flexibility index (Phi) is 11.8. The lowest BCUT2D eigenvalue weighted by Crippen LogP contribution is -2.22. The molecule has 1 heterocycles. The largest absolute Gasteiger partial charge is 0.489 e. The first-order valence-corrected chi connectivity index (χ1v) is 21.8. The molecule has 1 aromatic heterocycles. The molecule has 0 radical (unpaired) electrons. The summed E-state index contributed by atoms with van der Waals surface area (Å²) in [6, 6.07) is 4.06. The number of halogens is 2. The first-order chi connectivity index (χ1) is 17.4. The lowest BCUT2D eigenvalue weighted by Gasteiger charge is -2.22.